The fourth-order valence-corrected chi connectivity index (χ4v) is 1.93. The molecule has 0 saturated carbocycles. The lowest BCUT2D eigenvalue weighted by Crippen LogP contribution is -2.40. The maximum Gasteiger partial charge on any atom is 0.326 e. The van der Waals surface area contributed by atoms with Gasteiger partial charge in [-0.2, -0.15) is 0 Å². The number of alkyl halides is 1. The summed E-state index contributed by atoms with van der Waals surface area (Å²) in [5.74, 6) is -1.34. The Labute approximate surface area is 115 Å². The molecule has 2 N–H and O–H groups in total. The van der Waals surface area contributed by atoms with E-state index in [4.69, 9.17) is 5.11 Å². The van der Waals surface area contributed by atoms with Crippen LogP contribution in [0.3, 0.4) is 0 Å². The first kappa shape index (κ1) is 14.7. The lowest BCUT2D eigenvalue weighted by atomic mass is 10.1. The van der Waals surface area contributed by atoms with Crippen molar-refractivity contribution in [3.8, 4) is 0 Å². The van der Waals surface area contributed by atoms with E-state index in [-0.39, 0.29) is 5.91 Å². The number of unbranched alkanes of at least 4 members (excludes halogenated alkanes) is 1. The summed E-state index contributed by atoms with van der Waals surface area (Å²) in [6.07, 6.45) is 2.10. The molecule has 0 aliphatic heterocycles. The van der Waals surface area contributed by atoms with Crippen molar-refractivity contribution in [1.82, 2.24) is 5.32 Å². The van der Waals surface area contributed by atoms with Gasteiger partial charge in [-0.1, -0.05) is 34.1 Å². The molecule has 0 radical (unpaired) electrons. The van der Waals surface area contributed by atoms with Crippen molar-refractivity contribution < 1.29 is 14.7 Å². The van der Waals surface area contributed by atoms with Gasteiger partial charge in [-0.3, -0.25) is 4.79 Å². The van der Waals surface area contributed by atoms with Crippen LogP contribution in [0.1, 0.15) is 29.6 Å². The van der Waals surface area contributed by atoms with Gasteiger partial charge in [0.15, 0.2) is 0 Å². The number of hydrogen-bond donors (Lipinski definition) is 2. The molecule has 98 valence electrons. The zero-order valence-corrected chi connectivity index (χ0v) is 11.5. The standard InChI is InChI=1S/C13H16BrNO3/c14-9-5-4-8-11(13(17)18)15-12(16)10-6-2-1-3-7-10/h1-3,6-7,11H,4-5,8-9H2,(H,15,16)(H,17,18). The van der Waals surface area contributed by atoms with Crippen LogP contribution in [0.5, 0.6) is 0 Å². The third-order valence-corrected chi connectivity index (χ3v) is 3.08. The molecule has 0 saturated heterocycles. The zero-order chi connectivity index (χ0) is 13.4. The molecule has 1 aromatic carbocycles. The van der Waals surface area contributed by atoms with Crippen LogP contribution in [0.25, 0.3) is 0 Å². The number of halogens is 1. The van der Waals surface area contributed by atoms with Gasteiger partial charge in [-0.15, -0.1) is 0 Å². The van der Waals surface area contributed by atoms with Crippen molar-refractivity contribution in [2.75, 3.05) is 5.33 Å². The topological polar surface area (TPSA) is 66.4 Å². The van der Waals surface area contributed by atoms with Gasteiger partial charge in [0.05, 0.1) is 0 Å². The highest BCUT2D eigenvalue weighted by Crippen LogP contribution is 2.05. The van der Waals surface area contributed by atoms with E-state index in [9.17, 15) is 9.59 Å². The molecule has 1 aromatic rings. The van der Waals surface area contributed by atoms with Gasteiger partial charge in [0.2, 0.25) is 0 Å². The largest absolute Gasteiger partial charge is 0.480 e. The van der Waals surface area contributed by atoms with Crippen molar-refractivity contribution >= 4 is 27.8 Å². The van der Waals surface area contributed by atoms with Crippen LogP contribution in [-0.4, -0.2) is 28.4 Å². The van der Waals surface area contributed by atoms with Crippen molar-refractivity contribution in [1.29, 1.82) is 0 Å². The number of carbonyl (C=O) groups excluding carboxylic acids is 1. The molecule has 1 atom stereocenters. The molecule has 0 aliphatic carbocycles. The van der Waals surface area contributed by atoms with Crippen LogP contribution in [0.4, 0.5) is 0 Å². The number of carboxylic acids is 1. The van der Waals surface area contributed by atoms with E-state index in [1.807, 2.05) is 6.07 Å². The van der Waals surface area contributed by atoms with Gasteiger partial charge >= 0.3 is 5.97 Å². The maximum absolute atomic E-state index is 11.8. The molecule has 0 bridgehead atoms. The van der Waals surface area contributed by atoms with Gasteiger partial charge in [0.25, 0.3) is 5.91 Å². The maximum atomic E-state index is 11.8. The summed E-state index contributed by atoms with van der Waals surface area (Å²) in [5, 5.41) is 12.4. The summed E-state index contributed by atoms with van der Waals surface area (Å²) < 4.78 is 0. The number of rotatable bonds is 7. The molecular formula is C13H16BrNO3. The van der Waals surface area contributed by atoms with Gasteiger partial charge in [-0.25, -0.2) is 4.79 Å². The van der Waals surface area contributed by atoms with Crippen LogP contribution in [-0.2, 0) is 4.79 Å². The van der Waals surface area contributed by atoms with E-state index in [1.54, 1.807) is 24.3 Å². The fourth-order valence-electron chi connectivity index (χ4n) is 1.53. The van der Waals surface area contributed by atoms with E-state index in [1.165, 1.54) is 0 Å². The van der Waals surface area contributed by atoms with Crippen molar-refractivity contribution in [3.05, 3.63) is 35.9 Å². The summed E-state index contributed by atoms with van der Waals surface area (Å²) in [6.45, 7) is 0. The van der Waals surface area contributed by atoms with Gasteiger partial charge < -0.3 is 10.4 Å². The van der Waals surface area contributed by atoms with E-state index < -0.39 is 12.0 Å². The smallest absolute Gasteiger partial charge is 0.326 e. The molecular weight excluding hydrogens is 298 g/mol. The number of nitrogens with one attached hydrogen (secondary N) is 1. The van der Waals surface area contributed by atoms with Crippen LogP contribution in [0.15, 0.2) is 30.3 Å². The number of benzene rings is 1. The van der Waals surface area contributed by atoms with E-state index in [0.717, 1.165) is 18.2 Å². The SMILES string of the molecule is O=C(NC(CCCCBr)C(=O)O)c1ccccc1. The minimum Gasteiger partial charge on any atom is -0.480 e. The Morgan fingerprint density at radius 3 is 2.44 bits per heavy atom. The molecule has 1 rings (SSSR count). The number of carbonyl (C=O) groups is 2. The predicted molar refractivity (Wildman–Crippen MR) is 73.0 cm³/mol. The van der Waals surface area contributed by atoms with Crippen molar-refractivity contribution in [2.45, 2.75) is 25.3 Å². The monoisotopic (exact) mass is 313 g/mol. The van der Waals surface area contributed by atoms with Crippen LogP contribution in [0.2, 0.25) is 0 Å². The summed E-state index contributed by atoms with van der Waals surface area (Å²) in [7, 11) is 0. The zero-order valence-electron chi connectivity index (χ0n) is 9.93. The fraction of sp³-hybridized carbons (Fsp3) is 0.385. The Kier molecular flexibility index (Phi) is 6.43. The molecule has 0 fully saturated rings. The Hall–Kier alpha value is -1.36. The second kappa shape index (κ2) is 7.87. The van der Waals surface area contributed by atoms with Gasteiger partial charge in [-0.05, 0) is 31.4 Å². The van der Waals surface area contributed by atoms with Crippen molar-refractivity contribution in [3.63, 3.8) is 0 Å². The second-order valence-electron chi connectivity index (χ2n) is 3.92. The van der Waals surface area contributed by atoms with Crippen LogP contribution in [0, 0.1) is 0 Å². The first-order valence-corrected chi connectivity index (χ1v) is 6.92. The lowest BCUT2D eigenvalue weighted by Gasteiger charge is -2.14. The second-order valence-corrected chi connectivity index (χ2v) is 4.71. The first-order chi connectivity index (χ1) is 8.65. The summed E-state index contributed by atoms with van der Waals surface area (Å²) in [4.78, 5) is 22.8. The quantitative estimate of drug-likeness (QED) is 0.600. The molecule has 4 nitrogen and oxygen atoms in total. The predicted octanol–water partition coefficient (Wildman–Crippen LogP) is 2.43. The molecule has 1 unspecified atom stereocenters. The normalized spacial score (nSPS) is 11.8. The molecule has 0 spiro atoms. The minimum absolute atomic E-state index is 0.346. The molecule has 0 aromatic heterocycles. The average molecular weight is 314 g/mol. The molecule has 5 heteroatoms. The summed E-state index contributed by atoms with van der Waals surface area (Å²) >= 11 is 3.29. The van der Waals surface area contributed by atoms with Gasteiger partial charge in [0.1, 0.15) is 6.04 Å². The Morgan fingerprint density at radius 1 is 1.22 bits per heavy atom. The Bertz CT molecular complexity index is 394. The third-order valence-electron chi connectivity index (χ3n) is 2.52. The highest BCUT2D eigenvalue weighted by atomic mass is 79.9. The first-order valence-electron chi connectivity index (χ1n) is 5.80. The Morgan fingerprint density at radius 2 is 1.89 bits per heavy atom. The highest BCUT2D eigenvalue weighted by Gasteiger charge is 2.19. The highest BCUT2D eigenvalue weighted by molar-refractivity contribution is 9.09. The number of amides is 1. The van der Waals surface area contributed by atoms with E-state index >= 15 is 0 Å². The molecule has 0 heterocycles. The summed E-state index contributed by atoms with van der Waals surface area (Å²) in [5.41, 5.74) is 0.476. The van der Waals surface area contributed by atoms with E-state index in [2.05, 4.69) is 21.2 Å². The van der Waals surface area contributed by atoms with Gasteiger partial charge in [0, 0.05) is 10.9 Å². The molecule has 18 heavy (non-hydrogen) atoms. The third kappa shape index (κ3) is 4.87. The molecule has 1 amide bonds. The number of aliphatic carboxylic acids is 1. The number of carboxylic acid groups (broad SMARTS) is 1. The van der Waals surface area contributed by atoms with Crippen molar-refractivity contribution in [2.24, 2.45) is 0 Å². The summed E-state index contributed by atoms with van der Waals surface area (Å²) in [6, 6.07) is 7.79. The lowest BCUT2D eigenvalue weighted by molar-refractivity contribution is -0.139. The van der Waals surface area contributed by atoms with E-state index in [0.29, 0.717) is 12.0 Å². The van der Waals surface area contributed by atoms with Crippen LogP contribution >= 0.6 is 15.9 Å². The minimum atomic E-state index is -0.992. The Balaban J connectivity index is 2.55. The number of hydrogen-bond acceptors (Lipinski definition) is 2. The van der Waals surface area contributed by atoms with Crippen LogP contribution < -0.4 is 5.32 Å². The molecule has 0 aliphatic rings. The average Bonchev–Trinajstić information content (AvgIpc) is 2.38.